The molecule has 30 heavy (non-hydrogen) atoms. The molecule has 0 unspecified atom stereocenters. The first-order chi connectivity index (χ1) is 14.6. The summed E-state index contributed by atoms with van der Waals surface area (Å²) in [7, 11) is 0. The van der Waals surface area contributed by atoms with Crippen LogP contribution in [0, 0.1) is 0 Å². The average Bonchev–Trinajstić information content (AvgIpc) is 3.26. The number of nitrogens with zero attached hydrogens (tertiary/aromatic N) is 1. The predicted molar refractivity (Wildman–Crippen MR) is 121 cm³/mol. The zero-order valence-electron chi connectivity index (χ0n) is 16.1. The van der Waals surface area contributed by atoms with Crippen LogP contribution in [0.1, 0.15) is 21.7 Å². The van der Waals surface area contributed by atoms with Crippen LogP contribution in [0.15, 0.2) is 95.4 Å². The molecule has 0 N–H and O–H groups in total. The standard InChI is InChI=1S/C25H19Cl2NO2/c26-20-11-12-22(27)21(15-20)23-13-14-24(30-23)25(29)28(16-18-7-3-1-4-8-18)17-19-9-5-2-6-10-19/h1-15H,16-17H2. The Bertz CT molecular complexity index is 1100. The Morgan fingerprint density at radius 1 is 0.767 bits per heavy atom. The lowest BCUT2D eigenvalue weighted by atomic mass is 10.1. The molecule has 0 radical (unpaired) electrons. The van der Waals surface area contributed by atoms with Gasteiger partial charge in [0.15, 0.2) is 5.76 Å². The van der Waals surface area contributed by atoms with Crippen molar-refractivity contribution in [3.63, 3.8) is 0 Å². The quantitative estimate of drug-likeness (QED) is 0.323. The SMILES string of the molecule is O=C(c1ccc(-c2cc(Cl)ccc2Cl)o1)N(Cc1ccccc1)Cc1ccccc1. The molecule has 0 atom stereocenters. The van der Waals surface area contributed by atoms with Gasteiger partial charge in [-0.1, -0.05) is 83.9 Å². The van der Waals surface area contributed by atoms with E-state index in [0.29, 0.717) is 34.5 Å². The van der Waals surface area contributed by atoms with E-state index in [1.165, 1.54) is 0 Å². The molecule has 0 aliphatic heterocycles. The van der Waals surface area contributed by atoms with E-state index in [2.05, 4.69) is 0 Å². The summed E-state index contributed by atoms with van der Waals surface area (Å²) in [5.74, 6) is 0.574. The fraction of sp³-hybridized carbons (Fsp3) is 0.0800. The minimum atomic E-state index is -0.188. The van der Waals surface area contributed by atoms with Gasteiger partial charge in [0.1, 0.15) is 5.76 Å². The number of rotatable bonds is 6. The lowest BCUT2D eigenvalue weighted by Crippen LogP contribution is -2.29. The summed E-state index contributed by atoms with van der Waals surface area (Å²) in [5.41, 5.74) is 2.75. The third-order valence-corrected chi connectivity index (χ3v) is 5.30. The summed E-state index contributed by atoms with van der Waals surface area (Å²) in [5, 5.41) is 1.06. The molecule has 150 valence electrons. The predicted octanol–water partition coefficient (Wildman–Crippen LogP) is 7.10. The Kier molecular flexibility index (Phi) is 6.22. The molecular formula is C25H19Cl2NO2. The highest BCUT2D eigenvalue weighted by Gasteiger charge is 2.21. The molecule has 0 saturated heterocycles. The molecule has 4 rings (SSSR count). The molecule has 4 aromatic rings. The highest BCUT2D eigenvalue weighted by atomic mass is 35.5. The van der Waals surface area contributed by atoms with Crippen molar-refractivity contribution in [2.75, 3.05) is 0 Å². The number of benzene rings is 3. The molecular weight excluding hydrogens is 417 g/mol. The Balaban J connectivity index is 1.62. The molecule has 0 aliphatic carbocycles. The van der Waals surface area contributed by atoms with Gasteiger partial charge in [-0.05, 0) is 41.5 Å². The molecule has 0 spiro atoms. The highest BCUT2D eigenvalue weighted by Crippen LogP contribution is 2.32. The van der Waals surface area contributed by atoms with E-state index in [4.69, 9.17) is 27.6 Å². The number of furan rings is 1. The number of carbonyl (C=O) groups excluding carboxylic acids is 1. The van der Waals surface area contributed by atoms with Crippen LogP contribution in [0.4, 0.5) is 0 Å². The van der Waals surface area contributed by atoms with E-state index in [-0.39, 0.29) is 11.7 Å². The van der Waals surface area contributed by atoms with Gasteiger partial charge in [0.2, 0.25) is 0 Å². The number of amides is 1. The highest BCUT2D eigenvalue weighted by molar-refractivity contribution is 6.35. The van der Waals surface area contributed by atoms with Crippen molar-refractivity contribution in [3.8, 4) is 11.3 Å². The Morgan fingerprint density at radius 3 is 1.97 bits per heavy atom. The van der Waals surface area contributed by atoms with Crippen molar-refractivity contribution in [1.29, 1.82) is 0 Å². The molecule has 0 saturated carbocycles. The van der Waals surface area contributed by atoms with Crippen LogP contribution in [0.25, 0.3) is 11.3 Å². The first-order valence-corrected chi connectivity index (χ1v) is 10.3. The van der Waals surface area contributed by atoms with Gasteiger partial charge in [0.25, 0.3) is 5.91 Å². The van der Waals surface area contributed by atoms with E-state index in [1.54, 1.807) is 35.2 Å². The fourth-order valence-corrected chi connectivity index (χ4v) is 3.63. The summed E-state index contributed by atoms with van der Waals surface area (Å²) < 4.78 is 5.89. The second kappa shape index (κ2) is 9.21. The maximum Gasteiger partial charge on any atom is 0.290 e. The maximum absolute atomic E-state index is 13.3. The van der Waals surface area contributed by atoms with Crippen molar-refractivity contribution in [3.05, 3.63) is 118 Å². The van der Waals surface area contributed by atoms with E-state index in [1.807, 2.05) is 60.7 Å². The van der Waals surface area contributed by atoms with Crippen molar-refractivity contribution in [2.45, 2.75) is 13.1 Å². The summed E-state index contributed by atoms with van der Waals surface area (Å²) in [6.07, 6.45) is 0. The Labute approximate surface area is 185 Å². The van der Waals surface area contributed by atoms with Crippen LogP contribution in [0.3, 0.4) is 0 Å². The molecule has 3 aromatic carbocycles. The third kappa shape index (κ3) is 4.76. The van der Waals surface area contributed by atoms with Crippen LogP contribution in [0.2, 0.25) is 10.0 Å². The van der Waals surface area contributed by atoms with Gasteiger partial charge < -0.3 is 9.32 Å². The Morgan fingerprint density at radius 2 is 1.37 bits per heavy atom. The molecule has 0 fully saturated rings. The van der Waals surface area contributed by atoms with Gasteiger partial charge in [-0.25, -0.2) is 0 Å². The number of hydrogen-bond donors (Lipinski definition) is 0. The van der Waals surface area contributed by atoms with E-state index < -0.39 is 0 Å². The summed E-state index contributed by atoms with van der Waals surface area (Å²) in [6.45, 7) is 0.949. The van der Waals surface area contributed by atoms with Crippen LogP contribution < -0.4 is 0 Å². The van der Waals surface area contributed by atoms with Gasteiger partial charge in [0, 0.05) is 23.7 Å². The average molecular weight is 436 g/mol. The summed E-state index contributed by atoms with van der Waals surface area (Å²) in [6, 6.07) is 28.4. The van der Waals surface area contributed by atoms with Gasteiger partial charge in [0.05, 0.1) is 5.02 Å². The van der Waals surface area contributed by atoms with Crippen LogP contribution in [-0.2, 0) is 13.1 Å². The van der Waals surface area contributed by atoms with Crippen LogP contribution >= 0.6 is 23.2 Å². The van der Waals surface area contributed by atoms with Gasteiger partial charge in [-0.15, -0.1) is 0 Å². The van der Waals surface area contributed by atoms with Crippen molar-refractivity contribution < 1.29 is 9.21 Å². The van der Waals surface area contributed by atoms with Gasteiger partial charge in [-0.2, -0.15) is 0 Å². The lowest BCUT2D eigenvalue weighted by molar-refractivity contribution is 0.0698. The van der Waals surface area contributed by atoms with Crippen molar-refractivity contribution in [1.82, 2.24) is 4.90 Å². The third-order valence-electron chi connectivity index (χ3n) is 4.73. The molecule has 1 heterocycles. The number of halogens is 2. The largest absolute Gasteiger partial charge is 0.451 e. The minimum absolute atomic E-state index is 0.188. The van der Waals surface area contributed by atoms with Gasteiger partial charge >= 0.3 is 0 Å². The van der Waals surface area contributed by atoms with E-state index in [0.717, 1.165) is 11.1 Å². The van der Waals surface area contributed by atoms with E-state index in [9.17, 15) is 4.79 Å². The van der Waals surface area contributed by atoms with Crippen molar-refractivity contribution in [2.24, 2.45) is 0 Å². The molecule has 5 heteroatoms. The molecule has 0 aliphatic rings. The topological polar surface area (TPSA) is 33.5 Å². The molecule has 3 nitrogen and oxygen atoms in total. The monoisotopic (exact) mass is 435 g/mol. The van der Waals surface area contributed by atoms with E-state index >= 15 is 0 Å². The van der Waals surface area contributed by atoms with Gasteiger partial charge in [-0.3, -0.25) is 4.79 Å². The minimum Gasteiger partial charge on any atom is -0.451 e. The van der Waals surface area contributed by atoms with Crippen LogP contribution in [0.5, 0.6) is 0 Å². The molecule has 1 aromatic heterocycles. The van der Waals surface area contributed by atoms with Crippen LogP contribution in [-0.4, -0.2) is 10.8 Å². The smallest absolute Gasteiger partial charge is 0.290 e. The zero-order valence-corrected chi connectivity index (χ0v) is 17.6. The summed E-state index contributed by atoms with van der Waals surface area (Å²) in [4.78, 5) is 15.1. The zero-order chi connectivity index (χ0) is 20.9. The second-order valence-electron chi connectivity index (χ2n) is 6.92. The molecule has 1 amide bonds. The maximum atomic E-state index is 13.3. The van der Waals surface area contributed by atoms with Crippen molar-refractivity contribution >= 4 is 29.1 Å². The second-order valence-corrected chi connectivity index (χ2v) is 7.76. The summed E-state index contributed by atoms with van der Waals surface area (Å²) >= 11 is 12.4. The first-order valence-electron chi connectivity index (χ1n) is 9.52. The molecule has 0 bridgehead atoms. The number of carbonyl (C=O) groups is 1. The Hall–Kier alpha value is -3.01. The lowest BCUT2D eigenvalue weighted by Gasteiger charge is -2.22. The first kappa shape index (κ1) is 20.3. The normalized spacial score (nSPS) is 10.7. The fourth-order valence-electron chi connectivity index (χ4n) is 3.25. The number of hydrogen-bond acceptors (Lipinski definition) is 2.